The zero-order chi connectivity index (χ0) is 21.0. The van der Waals surface area contributed by atoms with Crippen molar-refractivity contribution < 1.29 is 18.0 Å². The van der Waals surface area contributed by atoms with Gasteiger partial charge in [0.2, 0.25) is 0 Å². The van der Waals surface area contributed by atoms with E-state index < -0.39 is 17.9 Å². The quantitative estimate of drug-likeness (QED) is 0.816. The number of nitrogens with zero attached hydrogens (tertiary/aromatic N) is 4. The van der Waals surface area contributed by atoms with Crippen molar-refractivity contribution in [1.82, 2.24) is 14.9 Å². The van der Waals surface area contributed by atoms with Gasteiger partial charge in [0.1, 0.15) is 17.3 Å². The molecule has 0 atom stereocenters. The standard InChI is InChI=1S/C20H24F3N5O/c1-14-8-11-28(12-9-14)18-15(6-7-16(25-18)20(21,22)23)13-27(2)19(29)26-17-5-3-4-10-24-17/h3-7,10,14H,8-9,11-13H2,1-2H3,(H,24,26,29). The number of pyridine rings is 2. The van der Waals surface area contributed by atoms with Crippen molar-refractivity contribution in [1.29, 1.82) is 0 Å². The van der Waals surface area contributed by atoms with Gasteiger partial charge in [-0.05, 0) is 37.0 Å². The highest BCUT2D eigenvalue weighted by molar-refractivity contribution is 5.88. The van der Waals surface area contributed by atoms with Gasteiger partial charge in [-0.15, -0.1) is 0 Å². The van der Waals surface area contributed by atoms with E-state index in [-0.39, 0.29) is 6.54 Å². The van der Waals surface area contributed by atoms with E-state index in [2.05, 4.69) is 22.2 Å². The van der Waals surface area contributed by atoms with E-state index in [1.807, 2.05) is 4.90 Å². The number of anilines is 2. The van der Waals surface area contributed by atoms with Crippen LogP contribution in [0.1, 0.15) is 31.0 Å². The summed E-state index contributed by atoms with van der Waals surface area (Å²) < 4.78 is 39.6. The highest BCUT2D eigenvalue weighted by Gasteiger charge is 2.34. The summed E-state index contributed by atoms with van der Waals surface area (Å²) in [4.78, 5) is 23.7. The van der Waals surface area contributed by atoms with Crippen molar-refractivity contribution in [3.05, 3.63) is 47.8 Å². The van der Waals surface area contributed by atoms with Crippen LogP contribution in [0.3, 0.4) is 0 Å². The minimum atomic E-state index is -4.52. The number of rotatable bonds is 4. The van der Waals surface area contributed by atoms with Crippen molar-refractivity contribution >= 4 is 17.7 Å². The molecule has 1 N–H and O–H groups in total. The molecule has 2 aromatic rings. The van der Waals surface area contributed by atoms with E-state index in [9.17, 15) is 18.0 Å². The van der Waals surface area contributed by atoms with Gasteiger partial charge in [0.15, 0.2) is 0 Å². The van der Waals surface area contributed by atoms with E-state index in [0.29, 0.717) is 36.2 Å². The van der Waals surface area contributed by atoms with Crippen molar-refractivity contribution in [2.45, 2.75) is 32.5 Å². The Kier molecular flexibility index (Phi) is 6.24. The first-order chi connectivity index (χ1) is 13.7. The average molecular weight is 407 g/mol. The van der Waals surface area contributed by atoms with Crippen LogP contribution in [0.4, 0.5) is 29.6 Å². The molecule has 3 rings (SSSR count). The third-order valence-electron chi connectivity index (χ3n) is 4.98. The summed E-state index contributed by atoms with van der Waals surface area (Å²) in [5.41, 5.74) is -0.346. The number of piperidine rings is 1. The first-order valence-electron chi connectivity index (χ1n) is 9.49. The number of carbonyl (C=O) groups excluding carboxylic acids is 1. The number of amides is 2. The Morgan fingerprint density at radius 2 is 1.97 bits per heavy atom. The first kappa shape index (κ1) is 20.9. The lowest BCUT2D eigenvalue weighted by Crippen LogP contribution is -2.36. The largest absolute Gasteiger partial charge is 0.433 e. The maximum atomic E-state index is 13.2. The van der Waals surface area contributed by atoms with Crippen LogP contribution < -0.4 is 10.2 Å². The Morgan fingerprint density at radius 3 is 2.59 bits per heavy atom. The lowest BCUT2D eigenvalue weighted by Gasteiger charge is -2.33. The number of hydrogen-bond donors (Lipinski definition) is 1. The van der Waals surface area contributed by atoms with Gasteiger partial charge >= 0.3 is 12.2 Å². The van der Waals surface area contributed by atoms with Crippen LogP contribution in [0, 0.1) is 5.92 Å². The van der Waals surface area contributed by atoms with E-state index >= 15 is 0 Å². The minimum absolute atomic E-state index is 0.130. The van der Waals surface area contributed by atoms with Gasteiger partial charge in [-0.2, -0.15) is 13.2 Å². The molecular weight excluding hydrogens is 383 g/mol. The predicted molar refractivity (Wildman–Crippen MR) is 105 cm³/mol. The third kappa shape index (κ3) is 5.36. The van der Waals surface area contributed by atoms with Gasteiger partial charge in [-0.1, -0.05) is 19.1 Å². The number of halogens is 3. The predicted octanol–water partition coefficient (Wildman–Crippen LogP) is 4.40. The summed E-state index contributed by atoms with van der Waals surface area (Å²) >= 11 is 0. The van der Waals surface area contributed by atoms with Crippen LogP contribution in [-0.2, 0) is 12.7 Å². The number of alkyl halides is 3. The van der Waals surface area contributed by atoms with Crippen molar-refractivity contribution in [2.24, 2.45) is 5.92 Å². The number of aromatic nitrogens is 2. The van der Waals surface area contributed by atoms with Gasteiger partial charge < -0.3 is 9.80 Å². The normalized spacial score (nSPS) is 15.3. The molecular formula is C20H24F3N5O. The maximum absolute atomic E-state index is 13.2. The molecule has 156 valence electrons. The topological polar surface area (TPSA) is 61.4 Å². The zero-order valence-corrected chi connectivity index (χ0v) is 16.4. The Bertz CT molecular complexity index is 836. The Labute approximate surface area is 167 Å². The molecule has 2 amide bonds. The number of urea groups is 1. The molecule has 0 bridgehead atoms. The van der Waals surface area contributed by atoms with Crippen molar-refractivity contribution in [2.75, 3.05) is 30.4 Å². The molecule has 0 unspecified atom stereocenters. The summed E-state index contributed by atoms with van der Waals surface area (Å²) in [6, 6.07) is 7.12. The Hall–Kier alpha value is -2.84. The van der Waals surface area contributed by atoms with Crippen LogP contribution in [0.15, 0.2) is 36.5 Å². The lowest BCUT2D eigenvalue weighted by molar-refractivity contribution is -0.141. The maximum Gasteiger partial charge on any atom is 0.433 e. The summed E-state index contributed by atoms with van der Waals surface area (Å²) in [5, 5.41) is 2.66. The fourth-order valence-corrected chi connectivity index (χ4v) is 3.22. The highest BCUT2D eigenvalue weighted by Crippen LogP contribution is 2.32. The van der Waals surface area contributed by atoms with Gasteiger partial charge in [0.25, 0.3) is 0 Å². The second-order valence-electron chi connectivity index (χ2n) is 7.35. The molecule has 6 nitrogen and oxygen atoms in total. The smallest absolute Gasteiger partial charge is 0.356 e. The molecule has 0 radical (unpaired) electrons. The minimum Gasteiger partial charge on any atom is -0.356 e. The fourth-order valence-electron chi connectivity index (χ4n) is 3.22. The van der Waals surface area contributed by atoms with Crippen LogP contribution in [-0.4, -0.2) is 41.0 Å². The summed E-state index contributed by atoms with van der Waals surface area (Å²) in [5.74, 6) is 1.23. The molecule has 9 heteroatoms. The van der Waals surface area contributed by atoms with Crippen molar-refractivity contribution in [3.8, 4) is 0 Å². The van der Waals surface area contributed by atoms with E-state index in [0.717, 1.165) is 18.9 Å². The van der Waals surface area contributed by atoms with Crippen LogP contribution >= 0.6 is 0 Å². The molecule has 1 fully saturated rings. The second kappa shape index (κ2) is 8.67. The van der Waals surface area contributed by atoms with Gasteiger partial charge in [0.05, 0.1) is 6.54 Å². The molecule has 2 aromatic heterocycles. The average Bonchev–Trinajstić information content (AvgIpc) is 2.69. The first-order valence-corrected chi connectivity index (χ1v) is 9.49. The molecule has 29 heavy (non-hydrogen) atoms. The van der Waals surface area contributed by atoms with Crippen molar-refractivity contribution in [3.63, 3.8) is 0 Å². The molecule has 0 saturated carbocycles. The molecule has 1 aliphatic heterocycles. The van der Waals surface area contributed by atoms with E-state index in [1.54, 1.807) is 31.4 Å². The van der Waals surface area contributed by atoms with Gasteiger partial charge in [0, 0.05) is 31.9 Å². The fraction of sp³-hybridized carbons (Fsp3) is 0.450. The molecule has 1 aliphatic rings. The second-order valence-corrected chi connectivity index (χ2v) is 7.35. The number of carbonyl (C=O) groups is 1. The summed E-state index contributed by atoms with van der Waals surface area (Å²) in [6.07, 6.45) is -1.16. The SMILES string of the molecule is CC1CCN(c2nc(C(F)(F)F)ccc2CN(C)C(=O)Nc2ccccn2)CC1. The monoisotopic (exact) mass is 407 g/mol. The van der Waals surface area contributed by atoms with Gasteiger partial charge in [-0.25, -0.2) is 14.8 Å². The van der Waals surface area contributed by atoms with Crippen LogP contribution in [0.25, 0.3) is 0 Å². The van der Waals surface area contributed by atoms with Crippen LogP contribution in [0.5, 0.6) is 0 Å². The van der Waals surface area contributed by atoms with E-state index in [4.69, 9.17) is 0 Å². The Balaban J connectivity index is 1.80. The molecule has 3 heterocycles. The lowest BCUT2D eigenvalue weighted by atomic mass is 9.99. The molecule has 0 aliphatic carbocycles. The molecule has 1 saturated heterocycles. The summed E-state index contributed by atoms with van der Waals surface area (Å²) in [7, 11) is 1.58. The van der Waals surface area contributed by atoms with Crippen LogP contribution in [0.2, 0.25) is 0 Å². The van der Waals surface area contributed by atoms with Gasteiger partial charge in [-0.3, -0.25) is 5.32 Å². The number of nitrogens with one attached hydrogen (secondary N) is 1. The number of hydrogen-bond acceptors (Lipinski definition) is 4. The Morgan fingerprint density at radius 1 is 1.24 bits per heavy atom. The highest BCUT2D eigenvalue weighted by atomic mass is 19.4. The third-order valence-corrected chi connectivity index (χ3v) is 4.98. The van der Waals surface area contributed by atoms with E-state index in [1.165, 1.54) is 11.0 Å². The summed E-state index contributed by atoms with van der Waals surface area (Å²) in [6.45, 7) is 3.55. The molecule has 0 spiro atoms. The zero-order valence-electron chi connectivity index (χ0n) is 16.4. The molecule has 0 aromatic carbocycles.